The summed E-state index contributed by atoms with van der Waals surface area (Å²) in [4.78, 5) is 16.3. The van der Waals surface area contributed by atoms with Crippen LogP contribution < -0.4 is 10.6 Å². The number of carbonyl (C=O) groups excluding carboxylic acids is 1. The lowest BCUT2D eigenvalue weighted by atomic mass is 9.96. The van der Waals surface area contributed by atoms with Crippen molar-refractivity contribution < 1.29 is 4.79 Å². The Morgan fingerprint density at radius 2 is 2.18 bits per heavy atom. The lowest BCUT2D eigenvalue weighted by molar-refractivity contribution is 0.251. The highest BCUT2D eigenvalue weighted by Gasteiger charge is 2.21. The Hall–Kier alpha value is -2.03. The van der Waals surface area contributed by atoms with Crippen LogP contribution in [-0.2, 0) is 24.9 Å². The number of anilines is 1. The van der Waals surface area contributed by atoms with Gasteiger partial charge in [-0.1, -0.05) is 20.8 Å². The first-order valence-electron chi connectivity index (χ1n) is 7.23. The zero-order valence-corrected chi connectivity index (χ0v) is 13.7. The molecular weight excluding hydrogens is 302 g/mol. The van der Waals surface area contributed by atoms with Gasteiger partial charge in [0.1, 0.15) is 11.6 Å². The van der Waals surface area contributed by atoms with E-state index in [1.165, 1.54) is 11.5 Å². The van der Waals surface area contributed by atoms with E-state index in [0.29, 0.717) is 11.7 Å². The molecule has 0 unspecified atom stereocenters. The molecule has 0 fully saturated rings. The predicted molar refractivity (Wildman–Crippen MR) is 82.8 cm³/mol. The van der Waals surface area contributed by atoms with E-state index >= 15 is 0 Å². The standard InChI is InChI=1S/C13H19N7OS/c1-13(2,3)10-15-12(22-19-10)16-11(21)14-7-9-18-17-8-5-4-6-20(8)9/h4-7H2,1-3H3,(H2,14,15,16,19,21). The second kappa shape index (κ2) is 5.64. The van der Waals surface area contributed by atoms with Crippen molar-refractivity contribution in [1.82, 2.24) is 29.4 Å². The number of nitrogens with one attached hydrogen (secondary N) is 2. The lowest BCUT2D eigenvalue weighted by Gasteiger charge is -2.12. The monoisotopic (exact) mass is 321 g/mol. The van der Waals surface area contributed by atoms with Crippen molar-refractivity contribution in [2.45, 2.75) is 52.1 Å². The van der Waals surface area contributed by atoms with Crippen molar-refractivity contribution in [1.29, 1.82) is 0 Å². The summed E-state index contributed by atoms with van der Waals surface area (Å²) in [6.45, 7) is 7.37. The molecule has 8 nitrogen and oxygen atoms in total. The molecule has 0 aromatic carbocycles. The van der Waals surface area contributed by atoms with Crippen molar-refractivity contribution in [2.24, 2.45) is 0 Å². The van der Waals surface area contributed by atoms with Gasteiger partial charge in [0, 0.05) is 29.9 Å². The molecule has 9 heteroatoms. The van der Waals surface area contributed by atoms with Crippen molar-refractivity contribution in [3.63, 3.8) is 0 Å². The Morgan fingerprint density at radius 3 is 2.91 bits per heavy atom. The summed E-state index contributed by atoms with van der Waals surface area (Å²) in [6.07, 6.45) is 2.05. The minimum Gasteiger partial charge on any atom is -0.331 e. The molecule has 1 aliphatic rings. The van der Waals surface area contributed by atoms with E-state index in [-0.39, 0.29) is 11.4 Å². The van der Waals surface area contributed by atoms with E-state index < -0.39 is 0 Å². The van der Waals surface area contributed by atoms with Crippen molar-refractivity contribution in [3.8, 4) is 0 Å². The lowest BCUT2D eigenvalue weighted by Crippen LogP contribution is -2.29. The number of hydrogen-bond acceptors (Lipinski definition) is 6. The maximum Gasteiger partial charge on any atom is 0.321 e. The van der Waals surface area contributed by atoms with Gasteiger partial charge < -0.3 is 9.88 Å². The van der Waals surface area contributed by atoms with Gasteiger partial charge in [0.15, 0.2) is 5.82 Å². The van der Waals surface area contributed by atoms with Crippen LogP contribution in [0.1, 0.15) is 44.7 Å². The number of aromatic nitrogens is 5. The fourth-order valence-electron chi connectivity index (χ4n) is 2.22. The van der Waals surface area contributed by atoms with Crippen LogP contribution in [0.3, 0.4) is 0 Å². The van der Waals surface area contributed by atoms with Crippen LogP contribution in [0.5, 0.6) is 0 Å². The normalized spacial score (nSPS) is 14.0. The van der Waals surface area contributed by atoms with E-state index in [1.54, 1.807) is 0 Å². The Kier molecular flexibility index (Phi) is 3.81. The minimum atomic E-state index is -0.313. The van der Waals surface area contributed by atoms with E-state index in [2.05, 4.69) is 34.8 Å². The molecule has 0 radical (unpaired) electrons. The quantitative estimate of drug-likeness (QED) is 0.896. The molecule has 0 atom stereocenters. The van der Waals surface area contributed by atoms with Gasteiger partial charge in [0.25, 0.3) is 0 Å². The average molecular weight is 321 g/mol. The van der Waals surface area contributed by atoms with Crippen LogP contribution in [0.15, 0.2) is 0 Å². The number of carbonyl (C=O) groups is 1. The van der Waals surface area contributed by atoms with Gasteiger partial charge in [0.2, 0.25) is 5.13 Å². The molecule has 2 amide bonds. The number of nitrogens with zero attached hydrogens (tertiary/aromatic N) is 5. The summed E-state index contributed by atoms with van der Waals surface area (Å²) in [5.74, 6) is 2.51. The summed E-state index contributed by atoms with van der Waals surface area (Å²) in [7, 11) is 0. The van der Waals surface area contributed by atoms with Gasteiger partial charge in [-0.25, -0.2) is 9.78 Å². The predicted octanol–water partition coefficient (Wildman–Crippen LogP) is 1.70. The first-order chi connectivity index (χ1) is 10.4. The fraction of sp³-hybridized carbons (Fsp3) is 0.615. The van der Waals surface area contributed by atoms with Gasteiger partial charge >= 0.3 is 6.03 Å². The van der Waals surface area contributed by atoms with Crippen LogP contribution in [0.4, 0.5) is 9.93 Å². The summed E-state index contributed by atoms with van der Waals surface area (Å²) in [6, 6.07) is -0.313. The molecule has 0 aliphatic carbocycles. The van der Waals surface area contributed by atoms with Gasteiger partial charge in [-0.15, -0.1) is 10.2 Å². The van der Waals surface area contributed by atoms with Gasteiger partial charge in [-0.2, -0.15) is 4.37 Å². The highest BCUT2D eigenvalue weighted by atomic mass is 32.1. The molecule has 118 valence electrons. The molecule has 0 saturated heterocycles. The number of amides is 2. The van der Waals surface area contributed by atoms with Crippen LogP contribution in [-0.4, -0.2) is 30.2 Å². The third kappa shape index (κ3) is 3.08. The summed E-state index contributed by atoms with van der Waals surface area (Å²) >= 11 is 1.18. The summed E-state index contributed by atoms with van der Waals surface area (Å²) < 4.78 is 6.32. The maximum absolute atomic E-state index is 11.9. The number of urea groups is 1. The zero-order chi connectivity index (χ0) is 15.7. The molecule has 2 aromatic rings. The number of aryl methyl sites for hydroxylation is 1. The van der Waals surface area contributed by atoms with E-state index in [1.807, 2.05) is 20.8 Å². The van der Waals surface area contributed by atoms with Crippen LogP contribution >= 0.6 is 11.5 Å². The Bertz CT molecular complexity index is 685. The third-order valence-electron chi connectivity index (χ3n) is 3.41. The maximum atomic E-state index is 11.9. The van der Waals surface area contributed by atoms with Crippen molar-refractivity contribution >= 4 is 22.7 Å². The molecule has 0 bridgehead atoms. The van der Waals surface area contributed by atoms with Gasteiger partial charge in [-0.3, -0.25) is 5.32 Å². The average Bonchev–Trinajstić information content (AvgIpc) is 3.11. The minimum absolute atomic E-state index is 0.130. The number of rotatable bonds is 3. The van der Waals surface area contributed by atoms with Crippen LogP contribution in [0.2, 0.25) is 0 Å². The second-order valence-electron chi connectivity index (χ2n) is 6.27. The third-order valence-corrected chi connectivity index (χ3v) is 4.04. The molecule has 1 aliphatic heterocycles. The molecule has 0 spiro atoms. The highest BCUT2D eigenvalue weighted by molar-refractivity contribution is 7.09. The Labute approximate surface area is 132 Å². The zero-order valence-electron chi connectivity index (χ0n) is 12.9. The second-order valence-corrected chi connectivity index (χ2v) is 7.02. The Morgan fingerprint density at radius 1 is 1.36 bits per heavy atom. The van der Waals surface area contributed by atoms with Crippen molar-refractivity contribution in [2.75, 3.05) is 5.32 Å². The molecule has 3 rings (SSSR count). The first kappa shape index (κ1) is 14.9. The van der Waals surface area contributed by atoms with Gasteiger partial charge in [0.05, 0.1) is 6.54 Å². The molecule has 2 aromatic heterocycles. The molecule has 0 saturated carbocycles. The molecule has 2 N–H and O–H groups in total. The summed E-state index contributed by atoms with van der Waals surface area (Å²) in [5, 5.41) is 14.2. The Balaban J connectivity index is 1.55. The molecule has 22 heavy (non-hydrogen) atoms. The fourth-order valence-corrected chi connectivity index (χ4v) is 2.97. The number of hydrogen-bond donors (Lipinski definition) is 2. The molecular formula is C13H19N7OS. The first-order valence-corrected chi connectivity index (χ1v) is 8.01. The van der Waals surface area contributed by atoms with Crippen molar-refractivity contribution in [3.05, 3.63) is 17.5 Å². The van der Waals surface area contributed by atoms with Gasteiger partial charge in [-0.05, 0) is 6.42 Å². The SMILES string of the molecule is CC(C)(C)c1nsc(NC(=O)NCc2nnc3n2CCC3)n1. The van der Waals surface area contributed by atoms with E-state index in [4.69, 9.17) is 0 Å². The summed E-state index contributed by atoms with van der Waals surface area (Å²) in [5.41, 5.74) is -0.130. The smallest absolute Gasteiger partial charge is 0.321 e. The van der Waals surface area contributed by atoms with Crippen LogP contribution in [0.25, 0.3) is 0 Å². The van der Waals surface area contributed by atoms with E-state index in [0.717, 1.165) is 36.9 Å². The number of fused-ring (bicyclic) bond motifs is 1. The highest BCUT2D eigenvalue weighted by Crippen LogP contribution is 2.22. The topological polar surface area (TPSA) is 97.6 Å². The van der Waals surface area contributed by atoms with Crippen LogP contribution in [0, 0.1) is 0 Å². The van der Waals surface area contributed by atoms with E-state index in [9.17, 15) is 4.79 Å². The molecule has 3 heterocycles. The largest absolute Gasteiger partial charge is 0.331 e.